The van der Waals surface area contributed by atoms with Crippen molar-refractivity contribution in [3.63, 3.8) is 0 Å². The highest BCUT2D eigenvalue weighted by atomic mass is 16.7. The van der Waals surface area contributed by atoms with Crippen LogP contribution in [0.3, 0.4) is 0 Å². The van der Waals surface area contributed by atoms with Crippen LogP contribution in [0.1, 0.15) is 73.1 Å². The SMILES string of the molecule is COCCOCO[C@@H]1CC[C@@]2(C)[C@@H]3CCC(C)[C@H](CO)[C@@]3(C)CC[C@@H]2C1(C)C. The molecule has 3 saturated carbocycles. The van der Waals surface area contributed by atoms with E-state index in [1.807, 2.05) is 0 Å². The lowest BCUT2D eigenvalue weighted by Crippen LogP contribution is -2.62. The molecule has 0 saturated heterocycles. The predicted molar refractivity (Wildman–Crippen MR) is 112 cm³/mol. The zero-order valence-corrected chi connectivity index (χ0v) is 19.1. The first-order valence-electron chi connectivity index (χ1n) is 11.5. The zero-order valence-electron chi connectivity index (χ0n) is 19.1. The number of rotatable bonds is 7. The first-order valence-corrected chi connectivity index (χ1v) is 11.5. The summed E-state index contributed by atoms with van der Waals surface area (Å²) in [5, 5.41) is 10.2. The summed E-state index contributed by atoms with van der Waals surface area (Å²) >= 11 is 0. The number of hydrogen-bond acceptors (Lipinski definition) is 4. The summed E-state index contributed by atoms with van der Waals surface area (Å²) in [6.45, 7) is 14.2. The number of methoxy groups -OCH3 is 1. The molecule has 0 bridgehead atoms. The van der Waals surface area contributed by atoms with Crippen molar-refractivity contribution in [1.82, 2.24) is 0 Å². The van der Waals surface area contributed by atoms with Gasteiger partial charge in [0.15, 0.2) is 0 Å². The molecule has 0 aromatic carbocycles. The molecule has 0 amide bonds. The molecule has 4 nitrogen and oxygen atoms in total. The Kier molecular flexibility index (Phi) is 6.86. The maximum absolute atomic E-state index is 10.2. The molecule has 28 heavy (non-hydrogen) atoms. The monoisotopic (exact) mass is 396 g/mol. The lowest BCUT2D eigenvalue weighted by molar-refractivity contribution is -0.227. The van der Waals surface area contributed by atoms with Gasteiger partial charge in [-0.05, 0) is 72.0 Å². The van der Waals surface area contributed by atoms with Crippen LogP contribution in [0.4, 0.5) is 0 Å². The van der Waals surface area contributed by atoms with Gasteiger partial charge >= 0.3 is 0 Å². The Labute approximate surface area is 172 Å². The van der Waals surface area contributed by atoms with Crippen LogP contribution in [0.25, 0.3) is 0 Å². The zero-order chi connectivity index (χ0) is 20.6. The quantitative estimate of drug-likeness (QED) is 0.492. The highest BCUT2D eigenvalue weighted by Gasteiger charge is 2.63. The number of aliphatic hydroxyl groups excluding tert-OH is 1. The molecule has 4 heteroatoms. The molecule has 3 rings (SSSR count). The van der Waals surface area contributed by atoms with Crippen LogP contribution in [-0.2, 0) is 14.2 Å². The van der Waals surface area contributed by atoms with Gasteiger partial charge in [0.25, 0.3) is 0 Å². The van der Waals surface area contributed by atoms with E-state index in [4.69, 9.17) is 14.2 Å². The van der Waals surface area contributed by atoms with Crippen LogP contribution in [-0.4, -0.2) is 44.9 Å². The van der Waals surface area contributed by atoms with Gasteiger partial charge in [0.1, 0.15) is 6.79 Å². The minimum atomic E-state index is 0.150. The Morgan fingerprint density at radius 1 is 0.893 bits per heavy atom. The second-order valence-electron chi connectivity index (χ2n) is 11.0. The van der Waals surface area contributed by atoms with Crippen molar-refractivity contribution in [3.05, 3.63) is 0 Å². The highest BCUT2D eigenvalue weighted by molar-refractivity contribution is 5.12. The Balaban J connectivity index is 1.74. The van der Waals surface area contributed by atoms with Crippen LogP contribution in [0.15, 0.2) is 0 Å². The van der Waals surface area contributed by atoms with Gasteiger partial charge in [-0.2, -0.15) is 0 Å². The van der Waals surface area contributed by atoms with Crippen molar-refractivity contribution in [2.75, 3.05) is 33.7 Å². The molecule has 0 spiro atoms. The van der Waals surface area contributed by atoms with Gasteiger partial charge in [0.2, 0.25) is 0 Å². The summed E-state index contributed by atoms with van der Waals surface area (Å²) in [6.07, 6.45) is 7.69. The van der Waals surface area contributed by atoms with Crippen molar-refractivity contribution >= 4 is 0 Å². The summed E-state index contributed by atoms with van der Waals surface area (Å²) in [6, 6.07) is 0. The van der Waals surface area contributed by atoms with Crippen molar-refractivity contribution in [3.8, 4) is 0 Å². The number of fused-ring (bicyclic) bond motifs is 3. The highest BCUT2D eigenvalue weighted by Crippen LogP contribution is 2.69. The standard InChI is InChI=1S/C24H44O4/c1-17-7-8-20-23(4,18(17)15-25)11-9-19-22(2,3)21(10-12-24(19,20)5)28-16-27-14-13-26-6/h17-21,25H,7-16H2,1-6H3/t17?,18-,19+,20+,21+,23+,24+/m0/s1. The third-order valence-electron chi connectivity index (χ3n) is 9.46. The molecule has 1 N–H and O–H groups in total. The van der Waals surface area contributed by atoms with Crippen LogP contribution >= 0.6 is 0 Å². The molecule has 0 radical (unpaired) electrons. The predicted octanol–water partition coefficient (Wildman–Crippen LogP) is 4.89. The van der Waals surface area contributed by atoms with E-state index in [1.54, 1.807) is 7.11 Å². The Bertz CT molecular complexity index is 521. The molecule has 3 aliphatic rings. The molecule has 3 fully saturated rings. The van der Waals surface area contributed by atoms with Gasteiger partial charge in [0, 0.05) is 13.7 Å². The smallest absolute Gasteiger partial charge is 0.147 e. The molecule has 0 aromatic rings. The Morgan fingerprint density at radius 3 is 2.29 bits per heavy atom. The molecule has 7 atom stereocenters. The van der Waals surface area contributed by atoms with Gasteiger partial charge in [0.05, 0.1) is 19.3 Å². The molecule has 3 aliphatic carbocycles. The number of ether oxygens (including phenoxy) is 3. The van der Waals surface area contributed by atoms with Gasteiger partial charge < -0.3 is 19.3 Å². The Morgan fingerprint density at radius 2 is 1.61 bits per heavy atom. The lowest BCUT2D eigenvalue weighted by Gasteiger charge is -2.67. The fourth-order valence-corrected chi connectivity index (χ4v) is 7.97. The van der Waals surface area contributed by atoms with E-state index in [1.165, 1.54) is 32.1 Å². The average molecular weight is 397 g/mol. The van der Waals surface area contributed by atoms with E-state index in [-0.39, 0.29) is 16.9 Å². The summed E-state index contributed by atoms with van der Waals surface area (Å²) in [7, 11) is 1.69. The van der Waals surface area contributed by atoms with Crippen molar-refractivity contribution in [1.29, 1.82) is 0 Å². The van der Waals surface area contributed by atoms with E-state index in [2.05, 4.69) is 34.6 Å². The van der Waals surface area contributed by atoms with E-state index in [0.717, 1.165) is 6.42 Å². The van der Waals surface area contributed by atoms with Gasteiger partial charge in [-0.15, -0.1) is 0 Å². The second kappa shape index (κ2) is 8.53. The minimum Gasteiger partial charge on any atom is -0.396 e. The molecular weight excluding hydrogens is 352 g/mol. The van der Waals surface area contributed by atoms with E-state index in [9.17, 15) is 5.11 Å². The minimum absolute atomic E-state index is 0.150. The fourth-order valence-electron chi connectivity index (χ4n) is 7.97. The first kappa shape index (κ1) is 22.5. The van der Waals surface area contributed by atoms with Crippen LogP contribution in [0.5, 0.6) is 0 Å². The average Bonchev–Trinajstić information content (AvgIpc) is 2.62. The topological polar surface area (TPSA) is 47.9 Å². The molecular formula is C24H44O4. The van der Waals surface area contributed by atoms with Crippen molar-refractivity contribution < 1.29 is 19.3 Å². The summed E-state index contributed by atoms with van der Waals surface area (Å²) < 4.78 is 16.9. The van der Waals surface area contributed by atoms with Crippen LogP contribution < -0.4 is 0 Å². The van der Waals surface area contributed by atoms with Gasteiger partial charge in [-0.3, -0.25) is 0 Å². The largest absolute Gasteiger partial charge is 0.396 e. The fraction of sp³-hybridized carbons (Fsp3) is 1.00. The first-order chi connectivity index (χ1) is 13.2. The molecule has 164 valence electrons. The van der Waals surface area contributed by atoms with Crippen LogP contribution in [0, 0.1) is 39.9 Å². The van der Waals surface area contributed by atoms with E-state index in [0.29, 0.717) is 55.7 Å². The van der Waals surface area contributed by atoms with Crippen LogP contribution in [0.2, 0.25) is 0 Å². The number of aliphatic hydroxyl groups is 1. The normalized spacial score (nSPS) is 45.3. The van der Waals surface area contributed by atoms with Gasteiger partial charge in [-0.25, -0.2) is 0 Å². The molecule has 0 heterocycles. The Hall–Kier alpha value is -0.160. The third-order valence-corrected chi connectivity index (χ3v) is 9.46. The maximum Gasteiger partial charge on any atom is 0.147 e. The maximum atomic E-state index is 10.2. The van der Waals surface area contributed by atoms with E-state index >= 15 is 0 Å². The number of hydrogen-bond donors (Lipinski definition) is 1. The second-order valence-corrected chi connectivity index (χ2v) is 11.0. The van der Waals surface area contributed by atoms with Crippen molar-refractivity contribution in [2.24, 2.45) is 39.9 Å². The third kappa shape index (κ3) is 3.68. The molecule has 0 aliphatic heterocycles. The molecule has 1 unspecified atom stereocenters. The summed E-state index contributed by atoms with van der Waals surface area (Å²) in [5.41, 5.74) is 0.780. The summed E-state index contributed by atoms with van der Waals surface area (Å²) in [4.78, 5) is 0. The summed E-state index contributed by atoms with van der Waals surface area (Å²) in [5.74, 6) is 2.48. The molecule has 0 aromatic heterocycles. The van der Waals surface area contributed by atoms with Crippen molar-refractivity contribution in [2.45, 2.75) is 79.2 Å². The lowest BCUT2D eigenvalue weighted by atomic mass is 9.38. The van der Waals surface area contributed by atoms with E-state index < -0.39 is 0 Å². The van der Waals surface area contributed by atoms with Gasteiger partial charge in [-0.1, -0.05) is 41.0 Å².